The van der Waals surface area contributed by atoms with Crippen LogP contribution in [0.5, 0.6) is 5.75 Å². The van der Waals surface area contributed by atoms with Gasteiger partial charge in [0.1, 0.15) is 5.75 Å². The summed E-state index contributed by atoms with van der Waals surface area (Å²) in [5.74, 6) is -0.148. The summed E-state index contributed by atoms with van der Waals surface area (Å²) in [6.45, 7) is 3.25. The fourth-order valence-electron chi connectivity index (χ4n) is 1.03. The molecule has 1 aromatic heterocycles. The largest absolute Gasteiger partial charge is 0.506 e. The Labute approximate surface area is 70.1 Å². The third-order valence-corrected chi connectivity index (χ3v) is 1.73. The van der Waals surface area contributed by atoms with E-state index in [2.05, 4.69) is 4.98 Å². The molecule has 0 aromatic carbocycles. The molecule has 0 spiro atoms. The van der Waals surface area contributed by atoms with Gasteiger partial charge >= 0.3 is 0 Å². The van der Waals surface area contributed by atoms with Crippen LogP contribution in [-0.4, -0.2) is 20.3 Å². The Bertz CT molecular complexity index is 297. The summed E-state index contributed by atoms with van der Waals surface area (Å²) in [5, 5.41) is 27.1. The van der Waals surface area contributed by atoms with E-state index in [1.54, 1.807) is 13.8 Å². The quantitative estimate of drug-likeness (QED) is 0.531. The van der Waals surface area contributed by atoms with Gasteiger partial charge in [0, 0.05) is 6.20 Å². The number of aliphatic hydroxyl groups is 2. The number of rotatable bonds is 1. The van der Waals surface area contributed by atoms with E-state index in [1.165, 1.54) is 6.20 Å². The molecule has 0 saturated heterocycles. The first kappa shape index (κ1) is 8.96. The monoisotopic (exact) mass is 169 g/mol. The highest BCUT2D eigenvalue weighted by Gasteiger charge is 2.14. The predicted octanol–water partition coefficient (Wildman–Crippen LogP) is 0.387. The third-order valence-electron chi connectivity index (χ3n) is 1.73. The second kappa shape index (κ2) is 3.08. The zero-order valence-corrected chi connectivity index (χ0v) is 6.94. The maximum absolute atomic E-state index is 9.37. The first-order valence-electron chi connectivity index (χ1n) is 3.55. The van der Waals surface area contributed by atoms with Gasteiger partial charge in [0.2, 0.25) is 0 Å². The summed E-state index contributed by atoms with van der Waals surface area (Å²) in [6, 6.07) is 0. The van der Waals surface area contributed by atoms with Gasteiger partial charge in [-0.15, -0.1) is 0 Å². The molecule has 0 amide bonds. The lowest BCUT2D eigenvalue weighted by atomic mass is 10.1. The van der Waals surface area contributed by atoms with Gasteiger partial charge in [0.05, 0.1) is 11.3 Å². The third kappa shape index (κ3) is 1.39. The molecule has 1 heterocycles. The standard InChI is InChI=1S/C8H11NO3/c1-4-3-9-5(2)7(10)6(4)8(11)12/h3,8,10-12H,1-2H3. The Kier molecular flexibility index (Phi) is 2.30. The molecule has 0 aliphatic carbocycles. The molecule has 3 N–H and O–H groups in total. The van der Waals surface area contributed by atoms with E-state index >= 15 is 0 Å². The molecule has 0 aliphatic heterocycles. The van der Waals surface area contributed by atoms with Gasteiger partial charge in [-0.25, -0.2) is 0 Å². The van der Waals surface area contributed by atoms with Crippen molar-refractivity contribution in [2.45, 2.75) is 20.1 Å². The van der Waals surface area contributed by atoms with Gasteiger partial charge in [-0.3, -0.25) is 4.98 Å². The van der Waals surface area contributed by atoms with E-state index in [0.29, 0.717) is 11.3 Å². The van der Waals surface area contributed by atoms with Crippen molar-refractivity contribution >= 4 is 0 Å². The van der Waals surface area contributed by atoms with Gasteiger partial charge in [0.25, 0.3) is 0 Å². The summed E-state index contributed by atoms with van der Waals surface area (Å²) in [6.07, 6.45) is -0.157. The Morgan fingerprint density at radius 3 is 2.33 bits per heavy atom. The molecule has 12 heavy (non-hydrogen) atoms. The van der Waals surface area contributed by atoms with Crippen molar-refractivity contribution in [2.75, 3.05) is 0 Å². The minimum Gasteiger partial charge on any atom is -0.506 e. The minimum atomic E-state index is -1.65. The lowest BCUT2D eigenvalue weighted by molar-refractivity contribution is -0.0444. The van der Waals surface area contributed by atoms with Gasteiger partial charge < -0.3 is 15.3 Å². The van der Waals surface area contributed by atoms with Crippen LogP contribution in [0.15, 0.2) is 6.20 Å². The van der Waals surface area contributed by atoms with Crippen molar-refractivity contribution in [1.29, 1.82) is 0 Å². The Morgan fingerprint density at radius 2 is 1.92 bits per heavy atom. The maximum Gasteiger partial charge on any atom is 0.182 e. The molecule has 0 unspecified atom stereocenters. The van der Waals surface area contributed by atoms with Crippen LogP contribution in [0, 0.1) is 13.8 Å². The van der Waals surface area contributed by atoms with Crippen LogP contribution in [0.1, 0.15) is 23.1 Å². The summed E-state index contributed by atoms with van der Waals surface area (Å²) in [4.78, 5) is 3.85. The molecule has 1 aromatic rings. The van der Waals surface area contributed by atoms with Crippen LogP contribution in [0.2, 0.25) is 0 Å². The fourth-order valence-corrected chi connectivity index (χ4v) is 1.03. The smallest absolute Gasteiger partial charge is 0.182 e. The minimum absolute atomic E-state index is 0.127. The van der Waals surface area contributed by atoms with Crippen molar-refractivity contribution in [3.05, 3.63) is 23.0 Å². The van der Waals surface area contributed by atoms with E-state index in [-0.39, 0.29) is 11.3 Å². The second-order valence-corrected chi connectivity index (χ2v) is 2.66. The van der Waals surface area contributed by atoms with E-state index in [9.17, 15) is 5.11 Å². The highest BCUT2D eigenvalue weighted by molar-refractivity contribution is 5.40. The zero-order chi connectivity index (χ0) is 9.30. The van der Waals surface area contributed by atoms with Crippen LogP contribution in [0.4, 0.5) is 0 Å². The number of aromatic nitrogens is 1. The van der Waals surface area contributed by atoms with E-state index < -0.39 is 6.29 Å². The second-order valence-electron chi connectivity index (χ2n) is 2.66. The lowest BCUT2D eigenvalue weighted by Crippen LogP contribution is -2.01. The van der Waals surface area contributed by atoms with E-state index in [0.717, 1.165) is 0 Å². The van der Waals surface area contributed by atoms with Crippen molar-refractivity contribution in [3.8, 4) is 5.75 Å². The van der Waals surface area contributed by atoms with E-state index in [1.807, 2.05) is 0 Å². The molecular weight excluding hydrogens is 158 g/mol. The van der Waals surface area contributed by atoms with Gasteiger partial charge in [0.15, 0.2) is 6.29 Å². The number of pyridine rings is 1. The highest BCUT2D eigenvalue weighted by Crippen LogP contribution is 2.27. The first-order chi connectivity index (χ1) is 5.54. The first-order valence-corrected chi connectivity index (χ1v) is 3.55. The fraction of sp³-hybridized carbons (Fsp3) is 0.375. The maximum atomic E-state index is 9.37. The number of aryl methyl sites for hydroxylation is 2. The molecule has 0 atom stereocenters. The van der Waals surface area contributed by atoms with Crippen molar-refractivity contribution < 1.29 is 15.3 Å². The average molecular weight is 169 g/mol. The SMILES string of the molecule is Cc1cnc(C)c(O)c1C(O)O. The van der Waals surface area contributed by atoms with Crippen LogP contribution in [0.3, 0.4) is 0 Å². The Balaban J connectivity index is 3.33. The number of hydrogen-bond acceptors (Lipinski definition) is 4. The number of nitrogens with zero attached hydrogens (tertiary/aromatic N) is 1. The molecule has 1 rings (SSSR count). The summed E-state index contributed by atoms with van der Waals surface area (Å²) >= 11 is 0. The van der Waals surface area contributed by atoms with Crippen LogP contribution in [-0.2, 0) is 0 Å². The molecular formula is C8H11NO3. The molecule has 4 nitrogen and oxygen atoms in total. The zero-order valence-electron chi connectivity index (χ0n) is 6.94. The molecule has 0 saturated carbocycles. The molecule has 0 fully saturated rings. The Hall–Kier alpha value is -1.13. The number of aromatic hydroxyl groups is 1. The van der Waals surface area contributed by atoms with Crippen LogP contribution >= 0.6 is 0 Å². The predicted molar refractivity (Wildman–Crippen MR) is 42.6 cm³/mol. The average Bonchev–Trinajstić information content (AvgIpc) is 1.97. The van der Waals surface area contributed by atoms with E-state index in [4.69, 9.17) is 10.2 Å². The van der Waals surface area contributed by atoms with Crippen LogP contribution in [0.25, 0.3) is 0 Å². The molecule has 0 aliphatic rings. The highest BCUT2D eigenvalue weighted by atomic mass is 16.5. The molecule has 0 radical (unpaired) electrons. The van der Waals surface area contributed by atoms with Gasteiger partial charge in [-0.05, 0) is 19.4 Å². The number of hydrogen-bond donors (Lipinski definition) is 3. The topological polar surface area (TPSA) is 73.6 Å². The van der Waals surface area contributed by atoms with Gasteiger partial charge in [-0.1, -0.05) is 0 Å². The van der Waals surface area contributed by atoms with Crippen molar-refractivity contribution in [2.24, 2.45) is 0 Å². The normalized spacial score (nSPS) is 10.8. The molecule has 0 bridgehead atoms. The summed E-state index contributed by atoms with van der Waals surface area (Å²) < 4.78 is 0. The van der Waals surface area contributed by atoms with Gasteiger partial charge in [-0.2, -0.15) is 0 Å². The summed E-state index contributed by atoms with van der Waals surface area (Å²) in [5.41, 5.74) is 1.08. The lowest BCUT2D eigenvalue weighted by Gasteiger charge is -2.10. The van der Waals surface area contributed by atoms with Crippen LogP contribution < -0.4 is 0 Å². The number of aliphatic hydroxyl groups excluding tert-OH is 1. The summed E-state index contributed by atoms with van der Waals surface area (Å²) in [7, 11) is 0. The van der Waals surface area contributed by atoms with Crippen molar-refractivity contribution in [1.82, 2.24) is 4.98 Å². The molecule has 4 heteroatoms. The van der Waals surface area contributed by atoms with Crippen molar-refractivity contribution in [3.63, 3.8) is 0 Å². The molecule has 66 valence electrons. The Morgan fingerprint density at radius 1 is 1.33 bits per heavy atom.